The van der Waals surface area contributed by atoms with Gasteiger partial charge in [-0.05, 0) is 49.4 Å². The first-order valence-electron chi connectivity index (χ1n) is 9.90. The minimum atomic E-state index is -4.06. The summed E-state index contributed by atoms with van der Waals surface area (Å²) in [6, 6.07) is 11.4. The zero-order chi connectivity index (χ0) is 25.0. The van der Waals surface area contributed by atoms with Crippen molar-refractivity contribution >= 4 is 55.6 Å². The van der Waals surface area contributed by atoms with Crippen LogP contribution in [0.15, 0.2) is 51.3 Å². The smallest absolute Gasteiger partial charge is 0.270 e. The minimum Gasteiger partial charge on any atom is -0.494 e. The molecular weight excluding hydrogens is 539 g/mol. The minimum absolute atomic E-state index is 0.0306. The molecule has 1 amide bonds. The second-order valence-electron chi connectivity index (χ2n) is 6.75. The monoisotopic (exact) mass is 554 g/mol. The van der Waals surface area contributed by atoms with E-state index in [2.05, 4.69) is 30.4 Å². The lowest BCUT2D eigenvalue weighted by Crippen LogP contribution is -2.23. The first kappa shape index (κ1) is 25.0. The zero-order valence-corrected chi connectivity index (χ0v) is 21.0. The molecule has 0 aliphatic rings. The van der Waals surface area contributed by atoms with Gasteiger partial charge in [-0.3, -0.25) is 10.1 Å². The maximum atomic E-state index is 12.6. The van der Waals surface area contributed by atoms with Gasteiger partial charge in [-0.15, -0.1) is 10.2 Å². The first-order valence-corrected chi connectivity index (χ1v) is 13.0. The van der Waals surface area contributed by atoms with E-state index in [0.717, 1.165) is 0 Å². The van der Waals surface area contributed by atoms with E-state index in [-0.39, 0.29) is 32.5 Å². The van der Waals surface area contributed by atoms with Gasteiger partial charge in [0.05, 0.1) is 23.7 Å². The van der Waals surface area contributed by atoms with Crippen molar-refractivity contribution in [3.63, 3.8) is 0 Å². The molecule has 0 spiro atoms. The highest BCUT2D eigenvalue weighted by atomic mass is 35.5. The van der Waals surface area contributed by atoms with Crippen LogP contribution in [-0.4, -0.2) is 41.3 Å². The molecule has 4 rings (SSSR count). The molecule has 11 nitrogen and oxygen atoms in total. The third kappa shape index (κ3) is 6.13. The maximum absolute atomic E-state index is 12.6. The number of nitrogens with one attached hydrogen (secondary N) is 2. The number of anilines is 1. The average molecular weight is 555 g/mol. The molecule has 4 aromatic rings. The predicted molar refractivity (Wildman–Crippen MR) is 129 cm³/mol. The summed E-state index contributed by atoms with van der Waals surface area (Å²) in [6.07, 6.45) is 0. The summed E-state index contributed by atoms with van der Waals surface area (Å²) in [5.74, 6) is 0.459. The van der Waals surface area contributed by atoms with E-state index >= 15 is 0 Å². The molecule has 0 atom stereocenters. The molecule has 0 bridgehead atoms. The number of hydrogen-bond acceptors (Lipinski definition) is 10. The van der Waals surface area contributed by atoms with Gasteiger partial charge in [0, 0.05) is 10.6 Å². The Labute approximate surface area is 213 Å². The van der Waals surface area contributed by atoms with Gasteiger partial charge in [0.1, 0.15) is 5.75 Å². The summed E-state index contributed by atoms with van der Waals surface area (Å²) in [5.41, 5.74) is 0.824. The fourth-order valence-corrected chi connectivity index (χ4v) is 5.14. The predicted octanol–water partition coefficient (Wildman–Crippen LogP) is 4.02. The van der Waals surface area contributed by atoms with Crippen molar-refractivity contribution in [2.45, 2.75) is 17.8 Å². The van der Waals surface area contributed by atoms with E-state index in [1.54, 1.807) is 24.3 Å². The third-order valence-corrected chi connectivity index (χ3v) is 7.49. The standard InChI is InChI=1S/C20H16Cl2N6O5S2/c1-2-32-13-6-3-11(4-7-13)17-24-16(33-28-17)10-23-35(30,31)20-27-26-19(34-20)25-18(29)14-8-5-12(21)9-15(14)22/h3-9,23H,2,10H2,1H3,(H,25,26,29). The van der Waals surface area contributed by atoms with Crippen molar-refractivity contribution in [1.29, 1.82) is 0 Å². The van der Waals surface area contributed by atoms with Gasteiger partial charge < -0.3 is 9.26 Å². The molecule has 2 heterocycles. The quantitative estimate of drug-likeness (QED) is 0.292. The highest BCUT2D eigenvalue weighted by Crippen LogP contribution is 2.25. The normalized spacial score (nSPS) is 11.4. The molecule has 15 heteroatoms. The summed E-state index contributed by atoms with van der Waals surface area (Å²) >= 11 is 12.5. The summed E-state index contributed by atoms with van der Waals surface area (Å²) in [5, 5.41) is 14.1. The van der Waals surface area contributed by atoms with Crippen LogP contribution in [0.1, 0.15) is 23.2 Å². The van der Waals surface area contributed by atoms with E-state index in [1.165, 1.54) is 18.2 Å². The van der Waals surface area contributed by atoms with Crippen molar-refractivity contribution in [1.82, 2.24) is 25.1 Å². The Kier molecular flexibility index (Phi) is 7.62. The Morgan fingerprint density at radius 1 is 1.14 bits per heavy atom. The van der Waals surface area contributed by atoms with Crippen LogP contribution in [0, 0.1) is 0 Å². The molecule has 182 valence electrons. The molecule has 0 aliphatic carbocycles. The number of halogens is 2. The number of hydrogen-bond donors (Lipinski definition) is 2. The molecular formula is C20H16Cl2N6O5S2. The van der Waals surface area contributed by atoms with Crippen LogP contribution in [0.4, 0.5) is 5.13 Å². The van der Waals surface area contributed by atoms with Gasteiger partial charge in [0.2, 0.25) is 21.2 Å². The number of sulfonamides is 1. The van der Waals surface area contributed by atoms with Crippen LogP contribution in [0.3, 0.4) is 0 Å². The Balaban J connectivity index is 1.38. The highest BCUT2D eigenvalue weighted by molar-refractivity contribution is 7.91. The van der Waals surface area contributed by atoms with Crippen LogP contribution in [0.25, 0.3) is 11.4 Å². The van der Waals surface area contributed by atoms with Crippen LogP contribution >= 0.6 is 34.5 Å². The van der Waals surface area contributed by atoms with Crippen LogP contribution in [0.5, 0.6) is 5.75 Å². The van der Waals surface area contributed by atoms with E-state index in [4.69, 9.17) is 32.5 Å². The average Bonchev–Trinajstić information content (AvgIpc) is 3.49. The SMILES string of the molecule is CCOc1ccc(-c2noc(CNS(=O)(=O)c3nnc(NC(=O)c4ccc(Cl)cc4Cl)s3)n2)cc1. The number of nitrogens with zero attached hydrogens (tertiary/aromatic N) is 4. The third-order valence-electron chi connectivity index (χ3n) is 4.34. The Bertz CT molecular complexity index is 1460. The van der Waals surface area contributed by atoms with Crippen LogP contribution < -0.4 is 14.8 Å². The van der Waals surface area contributed by atoms with Crippen molar-refractivity contribution < 1.29 is 22.5 Å². The molecule has 2 aromatic heterocycles. The fourth-order valence-electron chi connectivity index (χ4n) is 2.74. The molecule has 0 saturated carbocycles. The van der Waals surface area contributed by atoms with Gasteiger partial charge >= 0.3 is 0 Å². The molecule has 0 aliphatic heterocycles. The molecule has 2 N–H and O–H groups in total. The number of carbonyl (C=O) groups is 1. The number of ether oxygens (including phenoxy) is 1. The van der Waals surface area contributed by atoms with Gasteiger partial charge in [0.25, 0.3) is 15.9 Å². The lowest BCUT2D eigenvalue weighted by molar-refractivity contribution is 0.102. The van der Waals surface area contributed by atoms with E-state index < -0.39 is 15.9 Å². The summed E-state index contributed by atoms with van der Waals surface area (Å²) in [4.78, 5) is 16.6. The second-order valence-corrected chi connectivity index (χ2v) is 10.5. The molecule has 0 fully saturated rings. The van der Waals surface area contributed by atoms with E-state index in [9.17, 15) is 13.2 Å². The van der Waals surface area contributed by atoms with E-state index in [1.807, 2.05) is 6.92 Å². The van der Waals surface area contributed by atoms with Crippen molar-refractivity contribution in [2.75, 3.05) is 11.9 Å². The number of amides is 1. The zero-order valence-electron chi connectivity index (χ0n) is 17.9. The number of carbonyl (C=O) groups excluding carboxylic acids is 1. The summed E-state index contributed by atoms with van der Waals surface area (Å²) < 4.78 is 37.6. The molecule has 0 radical (unpaired) electrons. The Morgan fingerprint density at radius 3 is 2.63 bits per heavy atom. The summed E-state index contributed by atoms with van der Waals surface area (Å²) in [7, 11) is -4.06. The molecule has 0 saturated heterocycles. The Morgan fingerprint density at radius 2 is 1.91 bits per heavy atom. The first-order chi connectivity index (χ1) is 16.7. The number of benzene rings is 2. The van der Waals surface area contributed by atoms with Crippen molar-refractivity contribution in [3.05, 3.63) is 64.0 Å². The summed E-state index contributed by atoms with van der Waals surface area (Å²) in [6.45, 7) is 2.16. The topological polar surface area (TPSA) is 149 Å². The largest absolute Gasteiger partial charge is 0.494 e. The second kappa shape index (κ2) is 10.7. The van der Waals surface area contributed by atoms with Gasteiger partial charge in [-0.2, -0.15) is 9.71 Å². The van der Waals surface area contributed by atoms with Crippen molar-refractivity contribution in [3.8, 4) is 17.1 Å². The van der Waals surface area contributed by atoms with Gasteiger partial charge in [0.15, 0.2) is 0 Å². The fraction of sp³-hybridized carbons (Fsp3) is 0.150. The van der Waals surface area contributed by atoms with Gasteiger partial charge in [-0.1, -0.05) is 39.7 Å². The lowest BCUT2D eigenvalue weighted by atomic mass is 10.2. The maximum Gasteiger partial charge on any atom is 0.270 e. The lowest BCUT2D eigenvalue weighted by Gasteiger charge is -2.03. The van der Waals surface area contributed by atoms with Crippen LogP contribution in [0.2, 0.25) is 10.0 Å². The Hall–Kier alpha value is -3.10. The molecule has 35 heavy (non-hydrogen) atoms. The molecule has 0 unspecified atom stereocenters. The van der Waals surface area contributed by atoms with Crippen molar-refractivity contribution in [2.24, 2.45) is 0 Å². The van der Waals surface area contributed by atoms with Gasteiger partial charge in [-0.25, -0.2) is 8.42 Å². The highest BCUT2D eigenvalue weighted by Gasteiger charge is 2.23. The van der Waals surface area contributed by atoms with E-state index in [0.29, 0.717) is 40.1 Å². The molecule has 2 aromatic carbocycles. The number of rotatable bonds is 9. The number of aromatic nitrogens is 4. The van der Waals surface area contributed by atoms with Crippen LogP contribution in [-0.2, 0) is 16.6 Å².